The second kappa shape index (κ2) is 5.59. The Morgan fingerprint density at radius 1 is 1.53 bits per heavy atom. The van der Waals surface area contributed by atoms with Crippen molar-refractivity contribution in [3.05, 3.63) is 41.7 Å². The molecule has 0 bridgehead atoms. The molecule has 1 unspecified atom stereocenters. The summed E-state index contributed by atoms with van der Waals surface area (Å²) >= 11 is 0. The maximum atomic E-state index is 14.0. The first kappa shape index (κ1) is 13.2. The average molecular weight is 259 g/mol. The lowest BCUT2D eigenvalue weighted by molar-refractivity contribution is 0.536. The van der Waals surface area contributed by atoms with Crippen molar-refractivity contribution < 1.29 is 4.39 Å². The second-order valence-corrected chi connectivity index (χ2v) is 4.08. The number of nitrogens with zero attached hydrogens (tertiary/aromatic N) is 4. The zero-order valence-corrected chi connectivity index (χ0v) is 10.8. The molecule has 2 rings (SSSR count). The summed E-state index contributed by atoms with van der Waals surface area (Å²) in [6.45, 7) is 4.57. The van der Waals surface area contributed by atoms with Crippen LogP contribution < -0.4 is 5.32 Å². The number of hydrogen-bond acceptors (Lipinski definition) is 4. The van der Waals surface area contributed by atoms with E-state index >= 15 is 0 Å². The van der Waals surface area contributed by atoms with Crippen molar-refractivity contribution in [2.45, 2.75) is 19.9 Å². The number of nitrogens with one attached hydrogen (secondary N) is 1. The van der Waals surface area contributed by atoms with Crippen LogP contribution in [0, 0.1) is 17.1 Å². The lowest BCUT2D eigenvalue weighted by atomic mass is 10.1. The first-order valence-corrected chi connectivity index (χ1v) is 6.01. The number of nitriles is 1. The molecule has 1 heterocycles. The first-order chi connectivity index (χ1) is 9.17. The normalized spacial score (nSPS) is 12.1. The quantitative estimate of drug-likeness (QED) is 0.911. The predicted molar refractivity (Wildman–Crippen MR) is 68.1 cm³/mol. The molecule has 98 valence electrons. The Morgan fingerprint density at radius 3 is 2.95 bits per heavy atom. The summed E-state index contributed by atoms with van der Waals surface area (Å²) in [5, 5.41) is 15.9. The van der Waals surface area contributed by atoms with Gasteiger partial charge in [-0.3, -0.25) is 0 Å². The van der Waals surface area contributed by atoms with Gasteiger partial charge < -0.3 is 5.32 Å². The van der Waals surface area contributed by atoms with E-state index in [4.69, 9.17) is 5.26 Å². The molecule has 0 amide bonds. The van der Waals surface area contributed by atoms with Crippen LogP contribution in [0.2, 0.25) is 0 Å². The third-order valence-electron chi connectivity index (χ3n) is 2.81. The third-order valence-corrected chi connectivity index (χ3v) is 2.81. The van der Waals surface area contributed by atoms with Gasteiger partial charge >= 0.3 is 0 Å². The summed E-state index contributed by atoms with van der Waals surface area (Å²) < 4.78 is 15.5. The van der Waals surface area contributed by atoms with Gasteiger partial charge in [-0.2, -0.15) is 5.26 Å². The Kier molecular flexibility index (Phi) is 3.88. The molecule has 0 radical (unpaired) electrons. The number of aromatic nitrogens is 3. The van der Waals surface area contributed by atoms with E-state index in [1.165, 1.54) is 17.1 Å². The fourth-order valence-corrected chi connectivity index (χ4v) is 1.99. The van der Waals surface area contributed by atoms with E-state index in [2.05, 4.69) is 15.4 Å². The van der Waals surface area contributed by atoms with Crippen LogP contribution in [0.25, 0.3) is 5.69 Å². The highest BCUT2D eigenvalue weighted by molar-refractivity contribution is 5.43. The molecule has 5 nitrogen and oxygen atoms in total. The minimum Gasteiger partial charge on any atom is -0.310 e. The Labute approximate surface area is 110 Å². The van der Waals surface area contributed by atoms with Gasteiger partial charge in [0.25, 0.3) is 5.82 Å². The lowest BCUT2D eigenvalue weighted by Crippen LogP contribution is -2.21. The summed E-state index contributed by atoms with van der Waals surface area (Å²) in [6, 6.07) is 6.47. The molecule has 1 atom stereocenters. The monoisotopic (exact) mass is 259 g/mol. The van der Waals surface area contributed by atoms with Crippen LogP contribution >= 0.6 is 0 Å². The van der Waals surface area contributed by atoms with Crippen molar-refractivity contribution in [2.24, 2.45) is 0 Å². The van der Waals surface area contributed by atoms with Gasteiger partial charge in [0.15, 0.2) is 0 Å². The molecule has 0 aliphatic carbocycles. The predicted octanol–water partition coefficient (Wildman–Crippen LogP) is 1.95. The van der Waals surface area contributed by atoms with Gasteiger partial charge in [-0.1, -0.05) is 13.0 Å². The van der Waals surface area contributed by atoms with Gasteiger partial charge in [-0.15, -0.1) is 5.10 Å². The van der Waals surface area contributed by atoms with Crippen molar-refractivity contribution in [2.75, 3.05) is 6.54 Å². The van der Waals surface area contributed by atoms with E-state index in [9.17, 15) is 4.39 Å². The fourth-order valence-electron chi connectivity index (χ4n) is 1.99. The van der Waals surface area contributed by atoms with Gasteiger partial charge in [0.05, 0.1) is 5.69 Å². The lowest BCUT2D eigenvalue weighted by Gasteiger charge is -2.17. The zero-order valence-electron chi connectivity index (χ0n) is 10.8. The van der Waals surface area contributed by atoms with Crippen LogP contribution in [0.15, 0.2) is 24.5 Å². The highest BCUT2D eigenvalue weighted by Crippen LogP contribution is 2.24. The third kappa shape index (κ3) is 2.61. The van der Waals surface area contributed by atoms with Crippen molar-refractivity contribution in [3.8, 4) is 11.8 Å². The SMILES string of the molecule is CCNC(C)c1c(F)cccc1-n1cnc(C#N)n1. The zero-order chi connectivity index (χ0) is 13.8. The van der Waals surface area contributed by atoms with E-state index in [1.54, 1.807) is 12.1 Å². The molecule has 1 aromatic carbocycles. The van der Waals surface area contributed by atoms with E-state index in [0.717, 1.165) is 6.54 Å². The van der Waals surface area contributed by atoms with Crippen molar-refractivity contribution in [1.29, 1.82) is 5.26 Å². The Balaban J connectivity index is 2.51. The van der Waals surface area contributed by atoms with Gasteiger partial charge in [0.1, 0.15) is 18.2 Å². The van der Waals surface area contributed by atoms with Gasteiger partial charge in [0.2, 0.25) is 0 Å². The molecule has 2 aromatic rings. The number of rotatable bonds is 4. The average Bonchev–Trinajstić information content (AvgIpc) is 2.87. The van der Waals surface area contributed by atoms with Crippen molar-refractivity contribution in [1.82, 2.24) is 20.1 Å². The number of benzene rings is 1. The molecule has 6 heteroatoms. The van der Waals surface area contributed by atoms with Crippen LogP contribution in [0.5, 0.6) is 0 Å². The molecule has 1 N–H and O–H groups in total. The van der Waals surface area contributed by atoms with E-state index in [1.807, 2.05) is 19.9 Å². The molecule has 0 saturated carbocycles. The molecular formula is C13H14FN5. The highest BCUT2D eigenvalue weighted by Gasteiger charge is 2.17. The van der Waals surface area contributed by atoms with Crippen LogP contribution in [-0.4, -0.2) is 21.3 Å². The molecule has 0 aliphatic heterocycles. The highest BCUT2D eigenvalue weighted by atomic mass is 19.1. The van der Waals surface area contributed by atoms with Crippen LogP contribution in [-0.2, 0) is 0 Å². The minimum atomic E-state index is -0.306. The Hall–Kier alpha value is -2.26. The summed E-state index contributed by atoms with van der Waals surface area (Å²) in [5.41, 5.74) is 1.10. The van der Waals surface area contributed by atoms with Gasteiger partial charge in [0, 0.05) is 11.6 Å². The molecule has 0 fully saturated rings. The molecule has 19 heavy (non-hydrogen) atoms. The molecule has 0 aliphatic rings. The molecule has 0 saturated heterocycles. The Morgan fingerprint density at radius 2 is 2.32 bits per heavy atom. The minimum absolute atomic E-state index is 0.0614. The summed E-state index contributed by atoms with van der Waals surface area (Å²) in [5.74, 6) is -0.244. The maximum Gasteiger partial charge on any atom is 0.252 e. The topological polar surface area (TPSA) is 66.5 Å². The van der Waals surface area contributed by atoms with E-state index in [-0.39, 0.29) is 17.7 Å². The van der Waals surface area contributed by atoms with Crippen LogP contribution in [0.1, 0.15) is 31.3 Å². The van der Waals surface area contributed by atoms with Crippen LogP contribution in [0.3, 0.4) is 0 Å². The Bertz CT molecular complexity index is 614. The largest absolute Gasteiger partial charge is 0.310 e. The van der Waals surface area contributed by atoms with Gasteiger partial charge in [-0.05, 0) is 25.6 Å². The molecular weight excluding hydrogens is 245 g/mol. The van der Waals surface area contributed by atoms with E-state index in [0.29, 0.717) is 11.3 Å². The summed E-state index contributed by atoms with van der Waals surface area (Å²) in [4.78, 5) is 3.84. The summed E-state index contributed by atoms with van der Waals surface area (Å²) in [6.07, 6.45) is 1.41. The smallest absolute Gasteiger partial charge is 0.252 e. The van der Waals surface area contributed by atoms with E-state index < -0.39 is 0 Å². The standard InChI is InChI=1S/C13H14FN5/c1-3-16-9(2)13-10(14)5-4-6-11(13)19-8-17-12(7-15)18-19/h4-6,8-9,16H,3H2,1-2H3. The van der Waals surface area contributed by atoms with Crippen molar-refractivity contribution in [3.63, 3.8) is 0 Å². The van der Waals surface area contributed by atoms with Crippen LogP contribution in [0.4, 0.5) is 4.39 Å². The number of hydrogen-bond donors (Lipinski definition) is 1. The fraction of sp³-hybridized carbons (Fsp3) is 0.308. The summed E-state index contributed by atoms with van der Waals surface area (Å²) in [7, 11) is 0. The van der Waals surface area contributed by atoms with Crippen molar-refractivity contribution >= 4 is 0 Å². The first-order valence-electron chi connectivity index (χ1n) is 6.01. The molecule has 0 spiro atoms. The second-order valence-electron chi connectivity index (χ2n) is 4.08. The maximum absolute atomic E-state index is 14.0. The number of halogens is 1. The van der Waals surface area contributed by atoms with Gasteiger partial charge in [-0.25, -0.2) is 14.1 Å². The molecule has 1 aromatic heterocycles.